The Labute approximate surface area is 108 Å². The molecule has 1 aliphatic rings. The average molecular weight is 266 g/mol. The Kier molecular flexibility index (Phi) is 3.49. The van der Waals surface area contributed by atoms with Crippen LogP contribution in [0.15, 0.2) is 10.7 Å². The number of nitrogens with two attached hydrogens (primary N) is 1. The number of hydrogen-bond donors (Lipinski definition) is 1. The van der Waals surface area contributed by atoms with Crippen LogP contribution >= 0.6 is 0 Å². The van der Waals surface area contributed by atoms with Gasteiger partial charge in [0, 0.05) is 6.54 Å². The molecule has 0 aliphatic carbocycles. The largest absolute Gasteiger partial charge is 0.376 e. The molecule has 2 N–H and O–H groups in total. The van der Waals surface area contributed by atoms with Crippen LogP contribution in [0.2, 0.25) is 0 Å². The van der Waals surface area contributed by atoms with Crippen LogP contribution in [0, 0.1) is 0 Å². The van der Waals surface area contributed by atoms with Gasteiger partial charge in [0.05, 0.1) is 32.6 Å². The molecule has 0 saturated carbocycles. The molecule has 1 saturated heterocycles. The smallest absolute Gasteiger partial charge is 0.280 e. The Bertz CT molecular complexity index is 533. The highest BCUT2D eigenvalue weighted by Gasteiger charge is 2.23. The van der Waals surface area contributed by atoms with Gasteiger partial charge in [0.15, 0.2) is 5.69 Å². The molecular weight excluding hydrogens is 252 g/mol. The molecule has 3 heterocycles. The van der Waals surface area contributed by atoms with Crippen molar-refractivity contribution in [3.05, 3.63) is 12.0 Å². The van der Waals surface area contributed by atoms with Crippen LogP contribution in [0.1, 0.15) is 11.9 Å². The summed E-state index contributed by atoms with van der Waals surface area (Å²) in [6, 6.07) is 0. The van der Waals surface area contributed by atoms with E-state index in [1.165, 1.54) is 0 Å². The van der Waals surface area contributed by atoms with Crippen LogP contribution in [0.25, 0.3) is 11.6 Å². The molecule has 1 atom stereocenters. The van der Waals surface area contributed by atoms with Crippen LogP contribution < -0.4 is 5.73 Å². The summed E-state index contributed by atoms with van der Waals surface area (Å²) in [5.41, 5.74) is 5.96. The summed E-state index contributed by atoms with van der Waals surface area (Å²) in [5.74, 6) is 0.774. The normalized spacial score (nSPS) is 19.7. The first-order chi connectivity index (χ1) is 9.36. The Hall–Kier alpha value is -1.84. The van der Waals surface area contributed by atoms with Crippen molar-refractivity contribution in [3.8, 4) is 11.6 Å². The van der Waals surface area contributed by atoms with E-state index in [4.69, 9.17) is 19.7 Å². The van der Waals surface area contributed by atoms with Crippen LogP contribution in [0.5, 0.6) is 0 Å². The molecule has 0 amide bonds. The number of hydrogen-bond acceptors (Lipinski definition) is 8. The molecule has 1 aliphatic heterocycles. The minimum Gasteiger partial charge on any atom is -0.376 e. The Morgan fingerprint density at radius 3 is 3.16 bits per heavy atom. The SMILES string of the molecule is NCCn1cc(-c2nc(C3COCCO3)no2)nn1. The van der Waals surface area contributed by atoms with Crippen LogP contribution in [-0.2, 0) is 16.0 Å². The monoisotopic (exact) mass is 266 g/mol. The van der Waals surface area contributed by atoms with Gasteiger partial charge in [-0.1, -0.05) is 10.4 Å². The zero-order chi connectivity index (χ0) is 13.1. The van der Waals surface area contributed by atoms with Crippen LogP contribution in [0.3, 0.4) is 0 Å². The summed E-state index contributed by atoms with van der Waals surface area (Å²) >= 11 is 0. The summed E-state index contributed by atoms with van der Waals surface area (Å²) in [6.07, 6.45) is 1.42. The predicted molar refractivity (Wildman–Crippen MR) is 61.9 cm³/mol. The number of aromatic nitrogens is 5. The predicted octanol–water partition coefficient (Wildman–Crippen LogP) is -0.625. The van der Waals surface area contributed by atoms with Gasteiger partial charge in [-0.3, -0.25) is 4.68 Å². The van der Waals surface area contributed by atoms with E-state index in [9.17, 15) is 0 Å². The minimum absolute atomic E-state index is 0.287. The van der Waals surface area contributed by atoms with Crippen molar-refractivity contribution >= 4 is 0 Å². The van der Waals surface area contributed by atoms with Crippen molar-refractivity contribution < 1.29 is 14.0 Å². The number of ether oxygens (including phenoxy) is 2. The highest BCUT2D eigenvalue weighted by molar-refractivity contribution is 5.43. The second kappa shape index (κ2) is 5.43. The lowest BCUT2D eigenvalue weighted by Crippen LogP contribution is -2.22. The van der Waals surface area contributed by atoms with E-state index in [1.54, 1.807) is 10.9 Å². The van der Waals surface area contributed by atoms with Gasteiger partial charge < -0.3 is 19.7 Å². The van der Waals surface area contributed by atoms with E-state index in [-0.39, 0.29) is 6.10 Å². The summed E-state index contributed by atoms with van der Waals surface area (Å²) in [4.78, 5) is 4.25. The van der Waals surface area contributed by atoms with Crippen molar-refractivity contribution in [2.24, 2.45) is 5.73 Å². The highest BCUT2D eigenvalue weighted by atomic mass is 16.6. The molecule has 9 nitrogen and oxygen atoms in total. The molecule has 3 rings (SSSR count). The summed E-state index contributed by atoms with van der Waals surface area (Å²) < 4.78 is 17.6. The zero-order valence-electron chi connectivity index (χ0n) is 10.2. The zero-order valence-corrected chi connectivity index (χ0v) is 10.2. The van der Waals surface area contributed by atoms with Crippen molar-refractivity contribution in [3.63, 3.8) is 0 Å². The quantitative estimate of drug-likeness (QED) is 0.778. The highest BCUT2D eigenvalue weighted by Crippen LogP contribution is 2.21. The summed E-state index contributed by atoms with van der Waals surface area (Å²) in [5, 5.41) is 11.7. The molecule has 9 heteroatoms. The lowest BCUT2D eigenvalue weighted by Gasteiger charge is -2.19. The van der Waals surface area contributed by atoms with Gasteiger partial charge in [-0.05, 0) is 0 Å². The first kappa shape index (κ1) is 12.2. The van der Waals surface area contributed by atoms with Gasteiger partial charge in [0.2, 0.25) is 5.82 Å². The van der Waals surface area contributed by atoms with Gasteiger partial charge in [0.1, 0.15) is 6.10 Å². The molecule has 2 aromatic rings. The van der Waals surface area contributed by atoms with E-state index in [0.29, 0.717) is 50.3 Å². The van der Waals surface area contributed by atoms with Crippen LogP contribution in [0.4, 0.5) is 0 Å². The molecule has 1 fully saturated rings. The van der Waals surface area contributed by atoms with E-state index < -0.39 is 0 Å². The first-order valence-electron chi connectivity index (χ1n) is 6.00. The van der Waals surface area contributed by atoms with E-state index in [0.717, 1.165) is 0 Å². The van der Waals surface area contributed by atoms with E-state index >= 15 is 0 Å². The maximum Gasteiger partial charge on any atom is 0.280 e. The molecule has 0 radical (unpaired) electrons. The standard InChI is InChI=1S/C10H14N6O3/c11-1-2-16-5-7(13-15-16)10-12-9(14-19-10)8-6-17-3-4-18-8/h5,8H,1-4,6,11H2. The Morgan fingerprint density at radius 1 is 1.42 bits per heavy atom. The third kappa shape index (κ3) is 2.62. The second-order valence-corrected chi connectivity index (χ2v) is 4.05. The molecule has 1 unspecified atom stereocenters. The first-order valence-corrected chi connectivity index (χ1v) is 6.00. The molecule has 19 heavy (non-hydrogen) atoms. The fourth-order valence-electron chi connectivity index (χ4n) is 1.74. The van der Waals surface area contributed by atoms with Gasteiger partial charge in [-0.2, -0.15) is 4.98 Å². The van der Waals surface area contributed by atoms with E-state index in [2.05, 4.69) is 20.5 Å². The Morgan fingerprint density at radius 2 is 2.37 bits per heavy atom. The third-order valence-corrected chi connectivity index (χ3v) is 2.66. The maximum absolute atomic E-state index is 5.49. The molecule has 0 aromatic carbocycles. The summed E-state index contributed by atoms with van der Waals surface area (Å²) in [7, 11) is 0. The van der Waals surface area contributed by atoms with E-state index in [1.807, 2.05) is 0 Å². The van der Waals surface area contributed by atoms with Crippen molar-refractivity contribution in [1.29, 1.82) is 0 Å². The summed E-state index contributed by atoms with van der Waals surface area (Å²) in [6.45, 7) is 2.63. The molecule has 0 spiro atoms. The van der Waals surface area contributed by atoms with Crippen molar-refractivity contribution in [2.75, 3.05) is 26.4 Å². The average Bonchev–Trinajstić information content (AvgIpc) is 3.08. The fourth-order valence-corrected chi connectivity index (χ4v) is 1.74. The van der Waals surface area contributed by atoms with Crippen LogP contribution in [-0.4, -0.2) is 51.5 Å². The second-order valence-electron chi connectivity index (χ2n) is 4.05. The Balaban J connectivity index is 1.75. The lowest BCUT2D eigenvalue weighted by molar-refractivity contribution is -0.0941. The third-order valence-electron chi connectivity index (χ3n) is 2.66. The van der Waals surface area contributed by atoms with Crippen molar-refractivity contribution in [2.45, 2.75) is 12.6 Å². The van der Waals surface area contributed by atoms with Gasteiger partial charge in [-0.25, -0.2) is 0 Å². The number of rotatable bonds is 4. The van der Waals surface area contributed by atoms with Gasteiger partial charge in [-0.15, -0.1) is 5.10 Å². The molecule has 2 aromatic heterocycles. The fraction of sp³-hybridized carbons (Fsp3) is 0.600. The van der Waals surface area contributed by atoms with Crippen molar-refractivity contribution in [1.82, 2.24) is 25.1 Å². The number of nitrogens with zero attached hydrogens (tertiary/aromatic N) is 5. The van der Waals surface area contributed by atoms with Gasteiger partial charge in [0.25, 0.3) is 5.89 Å². The minimum atomic E-state index is -0.287. The topological polar surface area (TPSA) is 114 Å². The molecule has 0 bridgehead atoms. The maximum atomic E-state index is 5.49. The molecular formula is C10H14N6O3. The van der Waals surface area contributed by atoms with Gasteiger partial charge >= 0.3 is 0 Å². The lowest BCUT2D eigenvalue weighted by atomic mass is 10.3. The molecule has 102 valence electrons.